The third-order valence-electron chi connectivity index (χ3n) is 3.19. The van der Waals surface area contributed by atoms with Crippen LogP contribution in [-0.4, -0.2) is 30.7 Å². The minimum absolute atomic E-state index is 0.217. The van der Waals surface area contributed by atoms with Gasteiger partial charge in [-0.1, -0.05) is 6.07 Å². The van der Waals surface area contributed by atoms with Crippen molar-refractivity contribution in [2.75, 3.05) is 12.0 Å². The van der Waals surface area contributed by atoms with Gasteiger partial charge in [-0.3, -0.25) is 14.4 Å². The number of carbonyl (C=O) groups excluding carboxylic acids is 4. The summed E-state index contributed by atoms with van der Waals surface area (Å²) in [5.41, 5.74) is 0.922. The van der Waals surface area contributed by atoms with Crippen LogP contribution in [0.3, 0.4) is 0 Å². The van der Waals surface area contributed by atoms with Crippen LogP contribution in [0.4, 0.5) is 5.69 Å². The number of hydrogen-bond donors (Lipinski definition) is 0. The number of ether oxygens (including phenoxy) is 1. The van der Waals surface area contributed by atoms with Crippen LogP contribution >= 0.6 is 0 Å². The number of imide groups is 1. The predicted octanol–water partition coefficient (Wildman–Crippen LogP) is 1.04. The number of amides is 2. The van der Waals surface area contributed by atoms with E-state index in [9.17, 15) is 19.2 Å². The van der Waals surface area contributed by atoms with Gasteiger partial charge in [-0.15, -0.1) is 0 Å². The lowest BCUT2D eigenvalue weighted by Gasteiger charge is -2.13. The predicted molar refractivity (Wildman–Crippen MR) is 69.4 cm³/mol. The summed E-state index contributed by atoms with van der Waals surface area (Å²) in [4.78, 5) is 47.8. The van der Waals surface area contributed by atoms with E-state index in [1.54, 1.807) is 0 Å². The van der Waals surface area contributed by atoms with Crippen LogP contribution in [0.15, 0.2) is 18.2 Å². The normalized spacial score (nSPS) is 16.9. The van der Waals surface area contributed by atoms with E-state index in [0.29, 0.717) is 5.56 Å². The minimum atomic E-state index is -0.986. The second kappa shape index (κ2) is 4.88. The number of esters is 1. The molecule has 6 nitrogen and oxygen atoms in total. The first-order valence-electron chi connectivity index (χ1n) is 5.95. The molecular weight excluding hydrogens is 262 g/mol. The van der Waals surface area contributed by atoms with Gasteiger partial charge in [0.15, 0.2) is 0 Å². The van der Waals surface area contributed by atoms with E-state index in [1.807, 2.05) is 0 Å². The van der Waals surface area contributed by atoms with Crippen LogP contribution in [-0.2, 0) is 19.1 Å². The molecule has 1 aromatic carbocycles. The van der Waals surface area contributed by atoms with Crippen molar-refractivity contribution in [3.8, 4) is 0 Å². The molecule has 0 radical (unpaired) electrons. The standard InChI is InChI=1S/C14H13NO5/c1-7(16)12-10-5-4-9(14(19)20-3)6-11(10)15(8(2)17)13(12)18/h4-6,12H,1-3H3. The number of fused-ring (bicyclic) bond motifs is 1. The number of rotatable bonds is 2. The van der Waals surface area contributed by atoms with Crippen molar-refractivity contribution in [3.63, 3.8) is 0 Å². The summed E-state index contributed by atoms with van der Waals surface area (Å²) in [5.74, 6) is -2.98. The molecule has 2 amide bonds. The first-order chi connectivity index (χ1) is 9.38. The monoisotopic (exact) mass is 275 g/mol. The number of carbonyl (C=O) groups is 4. The van der Waals surface area contributed by atoms with Gasteiger partial charge in [0.2, 0.25) is 11.8 Å². The zero-order valence-corrected chi connectivity index (χ0v) is 11.3. The molecule has 0 fully saturated rings. The molecule has 6 heteroatoms. The molecule has 1 aromatic rings. The van der Waals surface area contributed by atoms with Crippen molar-refractivity contribution in [3.05, 3.63) is 29.3 Å². The number of hydrogen-bond acceptors (Lipinski definition) is 5. The number of benzene rings is 1. The highest BCUT2D eigenvalue weighted by molar-refractivity contribution is 6.27. The molecule has 0 bridgehead atoms. The highest BCUT2D eigenvalue weighted by Gasteiger charge is 2.42. The summed E-state index contributed by atoms with van der Waals surface area (Å²) in [6.45, 7) is 2.53. The second-order valence-corrected chi connectivity index (χ2v) is 4.50. The molecule has 0 saturated carbocycles. The Bertz CT molecular complexity index is 634. The maximum absolute atomic E-state index is 12.2. The van der Waals surface area contributed by atoms with Crippen LogP contribution < -0.4 is 4.90 Å². The number of ketones is 1. The van der Waals surface area contributed by atoms with E-state index in [4.69, 9.17) is 0 Å². The Morgan fingerprint density at radius 2 is 1.85 bits per heavy atom. The Morgan fingerprint density at radius 1 is 1.20 bits per heavy atom. The number of nitrogens with zero attached hydrogens (tertiary/aromatic N) is 1. The maximum atomic E-state index is 12.2. The lowest BCUT2D eigenvalue weighted by molar-refractivity contribution is -0.129. The summed E-state index contributed by atoms with van der Waals surface area (Å²) in [6.07, 6.45) is 0. The molecule has 1 aliphatic rings. The fourth-order valence-corrected chi connectivity index (χ4v) is 2.32. The number of anilines is 1. The lowest BCUT2D eigenvalue weighted by atomic mass is 9.96. The van der Waals surface area contributed by atoms with E-state index in [1.165, 1.54) is 39.2 Å². The van der Waals surface area contributed by atoms with E-state index in [2.05, 4.69) is 4.74 Å². The largest absolute Gasteiger partial charge is 0.465 e. The first-order valence-corrected chi connectivity index (χ1v) is 5.95. The van der Waals surface area contributed by atoms with Gasteiger partial charge in [-0.05, 0) is 24.6 Å². The van der Waals surface area contributed by atoms with Gasteiger partial charge < -0.3 is 4.74 Å². The maximum Gasteiger partial charge on any atom is 0.337 e. The molecule has 0 N–H and O–H groups in total. The highest BCUT2D eigenvalue weighted by atomic mass is 16.5. The molecule has 1 aliphatic heterocycles. The zero-order valence-electron chi connectivity index (χ0n) is 11.3. The smallest absolute Gasteiger partial charge is 0.337 e. The second-order valence-electron chi connectivity index (χ2n) is 4.50. The summed E-state index contributed by atoms with van der Waals surface area (Å²) < 4.78 is 4.60. The average molecular weight is 275 g/mol. The molecule has 0 spiro atoms. The van der Waals surface area contributed by atoms with Gasteiger partial charge in [0.1, 0.15) is 11.7 Å². The quantitative estimate of drug-likeness (QED) is 0.595. The van der Waals surface area contributed by atoms with E-state index < -0.39 is 23.7 Å². The molecular formula is C14H13NO5. The fourth-order valence-electron chi connectivity index (χ4n) is 2.32. The van der Waals surface area contributed by atoms with Crippen LogP contribution in [0.1, 0.15) is 35.7 Å². The Morgan fingerprint density at radius 3 is 2.35 bits per heavy atom. The third kappa shape index (κ3) is 1.99. The molecule has 1 unspecified atom stereocenters. The van der Waals surface area contributed by atoms with E-state index in [0.717, 1.165) is 4.90 Å². The van der Waals surface area contributed by atoms with Crippen LogP contribution in [0.25, 0.3) is 0 Å². The van der Waals surface area contributed by atoms with Crippen molar-refractivity contribution in [1.29, 1.82) is 0 Å². The molecule has 0 aliphatic carbocycles. The minimum Gasteiger partial charge on any atom is -0.465 e. The zero-order chi connectivity index (χ0) is 15.0. The van der Waals surface area contributed by atoms with Crippen molar-refractivity contribution in [2.24, 2.45) is 0 Å². The van der Waals surface area contributed by atoms with E-state index >= 15 is 0 Å². The van der Waals surface area contributed by atoms with Gasteiger partial charge in [0.05, 0.1) is 18.4 Å². The SMILES string of the molecule is COC(=O)c1ccc2c(c1)N(C(C)=O)C(=O)C2C(C)=O. The molecule has 20 heavy (non-hydrogen) atoms. The van der Waals surface area contributed by atoms with Gasteiger partial charge in [-0.2, -0.15) is 0 Å². The molecule has 2 rings (SSSR count). The third-order valence-corrected chi connectivity index (χ3v) is 3.19. The Labute approximate surface area is 115 Å². The summed E-state index contributed by atoms with van der Waals surface area (Å²) in [6, 6.07) is 4.37. The van der Waals surface area contributed by atoms with Crippen LogP contribution in [0, 0.1) is 0 Å². The highest BCUT2D eigenvalue weighted by Crippen LogP contribution is 2.38. The van der Waals surface area contributed by atoms with Gasteiger partial charge in [0, 0.05) is 6.92 Å². The Hall–Kier alpha value is -2.50. The van der Waals surface area contributed by atoms with Crippen LogP contribution in [0.5, 0.6) is 0 Å². The summed E-state index contributed by atoms with van der Waals surface area (Å²) >= 11 is 0. The van der Waals surface area contributed by atoms with E-state index in [-0.39, 0.29) is 17.0 Å². The van der Waals surface area contributed by atoms with Crippen molar-refractivity contribution >= 4 is 29.3 Å². The fraction of sp³-hybridized carbons (Fsp3) is 0.286. The Kier molecular flexibility index (Phi) is 3.40. The molecule has 1 heterocycles. The van der Waals surface area contributed by atoms with Gasteiger partial charge >= 0.3 is 5.97 Å². The first kappa shape index (κ1) is 13.9. The topological polar surface area (TPSA) is 80.8 Å². The molecule has 0 aromatic heterocycles. The van der Waals surface area contributed by atoms with Crippen molar-refractivity contribution in [2.45, 2.75) is 19.8 Å². The summed E-state index contributed by atoms with van der Waals surface area (Å²) in [5, 5.41) is 0. The molecule has 0 saturated heterocycles. The van der Waals surface area contributed by atoms with Gasteiger partial charge in [-0.25, -0.2) is 9.69 Å². The lowest BCUT2D eigenvalue weighted by Crippen LogP contribution is -2.34. The number of Topliss-reactive ketones (excluding diaryl/α,β-unsaturated/α-hetero) is 1. The summed E-state index contributed by atoms with van der Waals surface area (Å²) in [7, 11) is 1.24. The van der Waals surface area contributed by atoms with Crippen molar-refractivity contribution < 1.29 is 23.9 Å². The Balaban J connectivity index is 2.62. The van der Waals surface area contributed by atoms with Crippen molar-refractivity contribution in [1.82, 2.24) is 0 Å². The average Bonchev–Trinajstić information content (AvgIpc) is 2.68. The van der Waals surface area contributed by atoms with Gasteiger partial charge in [0.25, 0.3) is 0 Å². The number of methoxy groups -OCH3 is 1. The molecule has 1 atom stereocenters. The van der Waals surface area contributed by atoms with Crippen LogP contribution in [0.2, 0.25) is 0 Å². The molecule has 104 valence electrons.